The molecule has 16 rings (SSSR count). The van der Waals surface area contributed by atoms with Gasteiger partial charge in [-0.05, 0) is 430 Å². The molecule has 4 aromatic rings. The number of amides is 5. The number of carbonyl (C=O) groups excluding carboxylic acids is 8. The fourth-order valence-corrected chi connectivity index (χ4v) is 31.8. The number of fused-ring (bicyclic) bond motifs is 14. The van der Waals surface area contributed by atoms with E-state index in [1.54, 1.807) is 58.0 Å². The number of thioether (sulfide) groups is 4. The quantitative estimate of drug-likeness (QED) is 0.00883. The Bertz CT molecular complexity index is 4460. The monoisotopic (exact) mass is 2150 g/mol. The van der Waals surface area contributed by atoms with E-state index in [-0.39, 0.29) is 84.9 Å². The van der Waals surface area contributed by atoms with Gasteiger partial charge in [0.1, 0.15) is 16.8 Å². The maximum absolute atomic E-state index is 13.1. The highest BCUT2D eigenvalue weighted by atomic mass is 79.9. The largest absolute Gasteiger partial charge is 0.481 e. The molecule has 2 aromatic heterocycles. The second-order valence-electron chi connectivity index (χ2n) is 45.1. The number of thiophene rings is 2. The van der Waals surface area contributed by atoms with Crippen molar-refractivity contribution >= 4 is 172 Å². The van der Waals surface area contributed by atoms with Gasteiger partial charge in [0, 0.05) is 57.6 Å². The van der Waals surface area contributed by atoms with Crippen LogP contribution in [0.15, 0.2) is 59.3 Å². The maximum Gasteiger partial charge on any atom is 0.407 e. The van der Waals surface area contributed by atoms with E-state index in [1.807, 2.05) is 92.0 Å². The van der Waals surface area contributed by atoms with Crippen LogP contribution in [0.2, 0.25) is 0 Å². The first kappa shape index (κ1) is 118. The van der Waals surface area contributed by atoms with Gasteiger partial charge in [-0.1, -0.05) is 78.7 Å². The van der Waals surface area contributed by atoms with E-state index in [1.165, 1.54) is 194 Å². The molecule has 0 radical (unpaired) electrons. The predicted octanol–water partition coefficient (Wildman–Crippen LogP) is 24.6. The van der Waals surface area contributed by atoms with E-state index >= 15 is 0 Å². The number of hydrogen-bond acceptors (Lipinski definition) is 23. The SMILES string of the molecule is CC(C)(C)OC(=O)N[C@H]1[C@H]2CC[C@H](C2)[C@@H]1CCCCBr.CC(C)(C)OC(=O)N[C@H]1[C@H]2CC[C@H](C2)[C@@H]1CCCCO.COC(=O)CSCCCC[C@H]1[C@@H]2CC[C@@H](C2)[C@@H]1N.COC(=O)CSCCCC[C@H]1[C@@H]2CC[C@@H](C2)[C@@H]1NC(=O)OC(C)(C)C.COC(=O)CSCCCC[C@H]1[C@@H]2CC[C@@H](C2)[C@@H]1NC(=O)c1cccc2ccsc12.Cl.O=C(O)CSCCCC[C@H]1[C@@H]2CC[C@@H](C2)[C@@H]1NC(=O)c1cccc2ccsc12. The van der Waals surface area contributed by atoms with E-state index in [0.29, 0.717) is 101 Å². The molecule has 2 aromatic carbocycles. The molecular weight excluding hydrogens is 1980 g/mol. The van der Waals surface area contributed by atoms with E-state index in [2.05, 4.69) is 86.4 Å². The highest BCUT2D eigenvalue weighted by molar-refractivity contribution is 9.09. The van der Waals surface area contributed by atoms with E-state index in [9.17, 15) is 43.2 Å². The van der Waals surface area contributed by atoms with Gasteiger partial charge in [0.25, 0.3) is 11.8 Å². The Morgan fingerprint density at radius 2 is 0.638 bits per heavy atom. The lowest BCUT2D eigenvalue weighted by atomic mass is 9.81. The lowest BCUT2D eigenvalue weighted by Gasteiger charge is -2.32. The van der Waals surface area contributed by atoms with Gasteiger partial charge in [-0.2, -0.15) is 47.0 Å². The number of ether oxygens (including phenoxy) is 6. The maximum atomic E-state index is 13.1. The Labute approximate surface area is 882 Å². The van der Waals surface area contributed by atoms with Gasteiger partial charge in [0.05, 0.1) is 55.5 Å². The minimum Gasteiger partial charge on any atom is -0.481 e. The number of halogens is 2. The van der Waals surface area contributed by atoms with Gasteiger partial charge in [0.2, 0.25) is 0 Å². The van der Waals surface area contributed by atoms with Crippen LogP contribution in [-0.2, 0) is 47.6 Å². The van der Waals surface area contributed by atoms with Crippen molar-refractivity contribution in [1.82, 2.24) is 26.6 Å². The summed E-state index contributed by atoms with van der Waals surface area (Å²) in [5.74, 6) is 17.1. The van der Waals surface area contributed by atoms with Crippen molar-refractivity contribution in [2.75, 3.05) is 79.3 Å². The highest BCUT2D eigenvalue weighted by Crippen LogP contribution is 2.56. The number of nitrogens with one attached hydrogen (secondary N) is 5. The molecule has 0 saturated heterocycles. The van der Waals surface area contributed by atoms with Crippen LogP contribution in [0.25, 0.3) is 20.2 Å². The van der Waals surface area contributed by atoms with Crippen LogP contribution in [-0.4, -0.2) is 197 Å². The zero-order valence-electron chi connectivity index (χ0n) is 86.5. The molecule has 12 bridgehead atoms. The highest BCUT2D eigenvalue weighted by Gasteiger charge is 2.53. The first-order chi connectivity index (χ1) is 67.1. The number of aliphatic hydroxyl groups is 1. The van der Waals surface area contributed by atoms with Crippen LogP contribution in [0.5, 0.6) is 0 Å². The number of carboxylic acid groups (broad SMARTS) is 1. The standard InChI is InChI=1S/C23H29NO3S2.C22H27NO3S2.C19H33NO4S.C16H28BrNO2.C16H29NO3.C14H25NO2S.ClH/c1-27-20(25)14-28-11-3-2-6-18-16-8-9-17(13-16)21(18)24-23(26)19-7-4-5-15-10-12-29-22(15)19;24-19(25)13-27-10-2-1-5-17-15-7-8-16(12-15)20(17)23-22(26)18-6-3-4-14-9-11-28-21(14)18;1-19(2,3)24-18(22)20-17-14-9-8-13(11-14)15(17)7-5-6-10-25-12-16(21)23-4;1-16(2,3)20-15(19)18-14-12-8-7-11(10-12)13(14)6-4-5-9-17;1-16(2,3)20-15(19)17-14-12-8-7-11(10-12)13(14)6-4-5-9-18;1-17-13(16)9-18-7-3-2-4-12-10-5-6-11(8-10)14(12)15;/h4-5,7,10,12,16-18,21H,2-3,6,8-9,11,13-14H2,1H3,(H,24,26);3-4,6,9,11,15-17,20H,1-2,5,7-8,10,12-13H2,(H,23,26)(H,24,25);13-15,17H,5-12H2,1-4H3,(H,20,22);11-14H,4-10H2,1-3H3,(H,18,19);11-14,18H,4-10H2,1-3H3,(H,17,19);10-12,14H,2-9,15H2,1H3;1H/t16-,17+,18+,21+;15-,16+,17+,20+;13-,14+,15+,17+;2*11-,12+,13+,14+;10-,11+,12+,14+;/m111111./s1. The van der Waals surface area contributed by atoms with Crippen molar-refractivity contribution in [3.8, 4) is 0 Å². The molecule has 12 aliphatic carbocycles. The number of aliphatic hydroxyl groups excluding tert-OH is 1. The molecule has 0 aliphatic heterocycles. The minimum atomic E-state index is -0.735. The Morgan fingerprint density at radius 3 is 0.922 bits per heavy atom. The van der Waals surface area contributed by atoms with E-state index < -0.39 is 22.8 Å². The first-order valence-electron chi connectivity index (χ1n) is 53.3. The van der Waals surface area contributed by atoms with Gasteiger partial charge in [-0.25, -0.2) is 14.4 Å². The van der Waals surface area contributed by atoms with Gasteiger partial charge in [-0.15, -0.1) is 35.1 Å². The summed E-state index contributed by atoms with van der Waals surface area (Å²) in [6.07, 6.45) is 43.3. The van der Waals surface area contributed by atoms with Gasteiger partial charge in [-0.3, -0.25) is 28.8 Å². The number of alkyl carbamates (subject to hydrolysis) is 3. The molecule has 24 atom stereocenters. The summed E-state index contributed by atoms with van der Waals surface area (Å²) in [5, 5.41) is 41.4. The first-order valence-corrected chi connectivity index (χ1v) is 60.8. The summed E-state index contributed by atoms with van der Waals surface area (Å²) in [6.45, 7) is 17.4. The molecule has 5 amide bonds. The van der Waals surface area contributed by atoms with Crippen LogP contribution in [0.4, 0.5) is 14.4 Å². The third-order valence-corrected chi connectivity index (χ3v) is 39.0. The van der Waals surface area contributed by atoms with Gasteiger partial charge < -0.3 is 71.0 Å². The lowest BCUT2D eigenvalue weighted by Crippen LogP contribution is -2.46. The number of carboxylic acids is 1. The number of esters is 3. The minimum absolute atomic E-state index is 0. The summed E-state index contributed by atoms with van der Waals surface area (Å²) in [6, 6.07) is 18.1. The van der Waals surface area contributed by atoms with Crippen molar-refractivity contribution in [2.45, 2.75) is 347 Å². The average molecular weight is 2160 g/mol. The molecule has 12 aliphatic rings. The molecule has 23 nitrogen and oxygen atoms in total. The van der Waals surface area contributed by atoms with Gasteiger partial charge >= 0.3 is 42.2 Å². The van der Waals surface area contributed by atoms with Crippen LogP contribution in [0, 0.1) is 107 Å². The predicted molar refractivity (Wildman–Crippen MR) is 584 cm³/mol. The number of hydrogen-bond donors (Lipinski definition) is 8. The summed E-state index contributed by atoms with van der Waals surface area (Å²) >= 11 is 13.2. The Balaban J connectivity index is 0.000000175. The van der Waals surface area contributed by atoms with Crippen molar-refractivity contribution in [2.24, 2.45) is 112 Å². The van der Waals surface area contributed by atoms with E-state index in [0.717, 1.165) is 178 Å². The smallest absolute Gasteiger partial charge is 0.407 e. The molecule has 141 heavy (non-hydrogen) atoms. The summed E-state index contributed by atoms with van der Waals surface area (Å²) in [5.41, 5.74) is 6.62. The van der Waals surface area contributed by atoms with Crippen LogP contribution < -0.4 is 32.3 Å². The van der Waals surface area contributed by atoms with Crippen molar-refractivity contribution < 1.29 is 81.8 Å². The van der Waals surface area contributed by atoms with Crippen LogP contribution in [0.3, 0.4) is 0 Å². The normalized spacial score (nSPS) is 28.9. The molecule has 0 unspecified atom stereocenters. The van der Waals surface area contributed by atoms with Crippen LogP contribution >= 0.6 is 98.1 Å². The van der Waals surface area contributed by atoms with Crippen molar-refractivity contribution in [3.63, 3.8) is 0 Å². The molecular formula is C110H172BrClN6O17S6. The summed E-state index contributed by atoms with van der Waals surface area (Å²) < 4.78 is 32.4. The lowest BCUT2D eigenvalue weighted by molar-refractivity contribution is -0.138. The number of rotatable bonds is 43. The molecule has 794 valence electrons. The average Bonchev–Trinajstić information content (AvgIpc) is 1.67. The number of alkyl halides is 1. The number of aliphatic carboxylic acids is 1. The number of carbonyl (C=O) groups is 9. The Kier molecular flexibility index (Phi) is 49.3. The Hall–Kier alpha value is -4.92. The van der Waals surface area contributed by atoms with Crippen molar-refractivity contribution in [3.05, 3.63) is 70.4 Å². The number of nitrogens with two attached hydrogens (primary N) is 1. The summed E-state index contributed by atoms with van der Waals surface area (Å²) in [4.78, 5) is 106. The van der Waals surface area contributed by atoms with Crippen LogP contribution in [0.1, 0.15) is 314 Å². The second kappa shape index (κ2) is 58.9. The fourth-order valence-electron chi connectivity index (χ4n) is 26.4. The van der Waals surface area contributed by atoms with E-state index in [4.69, 9.17) is 30.2 Å². The molecule has 2 heterocycles. The molecule has 9 N–H and O–H groups in total. The summed E-state index contributed by atoms with van der Waals surface area (Å²) in [7, 11) is 4.31. The topological polar surface area (TPSA) is 336 Å². The number of unbranched alkanes of at least 4 members (excludes halogenated alkanes) is 6. The third kappa shape index (κ3) is 36.5. The zero-order chi connectivity index (χ0) is 101. The third-order valence-electron chi connectivity index (χ3n) is 32.4. The molecule has 12 saturated carbocycles. The number of benzene rings is 2. The molecule has 31 heteroatoms. The molecule has 0 spiro atoms. The van der Waals surface area contributed by atoms with Gasteiger partial charge in [0.15, 0.2) is 0 Å². The Morgan fingerprint density at radius 1 is 0.369 bits per heavy atom. The molecule has 12 fully saturated rings. The zero-order valence-corrected chi connectivity index (χ0v) is 93.8. The second-order valence-corrected chi connectivity index (χ2v) is 52.1. The number of methoxy groups -OCH3 is 3. The van der Waals surface area contributed by atoms with Crippen molar-refractivity contribution in [1.29, 1.82) is 0 Å². The fraction of sp³-hybridized carbons (Fsp3) is 0.773.